The summed E-state index contributed by atoms with van der Waals surface area (Å²) in [6, 6.07) is 14.3. The lowest BCUT2D eigenvalue weighted by Crippen LogP contribution is -2.48. The first-order chi connectivity index (χ1) is 16.8. The Bertz CT molecular complexity index is 1030. The predicted molar refractivity (Wildman–Crippen MR) is 142 cm³/mol. The molecule has 8 heteroatoms. The second kappa shape index (κ2) is 12.3. The molecule has 2 aromatic carbocycles. The number of benzene rings is 2. The summed E-state index contributed by atoms with van der Waals surface area (Å²) in [7, 11) is 3.82. The summed E-state index contributed by atoms with van der Waals surface area (Å²) in [6.45, 7) is 6.98. The summed E-state index contributed by atoms with van der Waals surface area (Å²) in [5, 5.41) is 0. The smallest absolute Gasteiger partial charge is 0.370 e. The topological polar surface area (TPSA) is 54.0 Å². The van der Waals surface area contributed by atoms with Crippen LogP contribution in [-0.4, -0.2) is 38.8 Å². The van der Waals surface area contributed by atoms with Gasteiger partial charge in [-0.05, 0) is 56.0 Å². The Balaban J connectivity index is 2.08. The molecule has 0 unspecified atom stereocenters. The van der Waals surface area contributed by atoms with E-state index in [0.717, 1.165) is 60.4 Å². The Morgan fingerprint density at radius 3 is 2.60 bits per heavy atom. The Hall–Kier alpha value is -2.71. The molecule has 0 radical (unpaired) electrons. The fraction of sp³-hybridized carbons (Fsp3) is 0.444. The van der Waals surface area contributed by atoms with Crippen LogP contribution in [0.4, 0.5) is 21.5 Å². The van der Waals surface area contributed by atoms with Gasteiger partial charge in [-0.1, -0.05) is 44.9 Å². The Morgan fingerprint density at radius 2 is 1.97 bits per heavy atom. The lowest BCUT2D eigenvalue weighted by atomic mass is 9.89. The molecule has 0 aliphatic carbocycles. The molecular weight excluding hydrogens is 465 g/mol. The summed E-state index contributed by atoms with van der Waals surface area (Å²) in [4.78, 5) is 16.9. The standard InChI is InChI=1S/C27H36FN3O3S/c1-6-9-15-27(7-2)19-31(20-13-11-10-12-14-20)23-16-22(30(4)5)24(17-25(23)35-29-27)34-18-21(28)26(32)33-8-3/h10-14,16-18,29H,6-9,15,19H2,1-5H3/b21-18-/t27-/m0/s1. The third kappa shape index (κ3) is 6.49. The Kier molecular flexibility index (Phi) is 9.46. The highest BCUT2D eigenvalue weighted by molar-refractivity contribution is 7.97. The molecule has 190 valence electrons. The highest BCUT2D eigenvalue weighted by Gasteiger charge is 2.35. The molecule has 1 N–H and O–H groups in total. The molecular formula is C27H36FN3O3S. The van der Waals surface area contributed by atoms with E-state index in [2.05, 4.69) is 41.7 Å². The average Bonchev–Trinajstić information content (AvgIpc) is 3.03. The average molecular weight is 502 g/mol. The molecule has 0 bridgehead atoms. The van der Waals surface area contributed by atoms with E-state index in [1.165, 1.54) is 0 Å². The Labute approximate surface area is 212 Å². The molecule has 1 atom stereocenters. The molecule has 35 heavy (non-hydrogen) atoms. The number of nitrogens with zero attached hydrogens (tertiary/aromatic N) is 2. The third-order valence-corrected chi connectivity index (χ3v) is 7.25. The highest BCUT2D eigenvalue weighted by atomic mass is 32.2. The van der Waals surface area contributed by atoms with Crippen LogP contribution in [0.15, 0.2) is 59.4 Å². The molecule has 0 amide bonds. The van der Waals surface area contributed by atoms with Gasteiger partial charge >= 0.3 is 5.97 Å². The largest absolute Gasteiger partial charge is 0.461 e. The van der Waals surface area contributed by atoms with Gasteiger partial charge < -0.3 is 19.3 Å². The van der Waals surface area contributed by atoms with E-state index < -0.39 is 11.8 Å². The number of hydrogen-bond acceptors (Lipinski definition) is 7. The monoisotopic (exact) mass is 501 g/mol. The van der Waals surface area contributed by atoms with Crippen LogP contribution < -0.4 is 19.3 Å². The third-order valence-electron chi connectivity index (χ3n) is 6.16. The van der Waals surface area contributed by atoms with E-state index in [9.17, 15) is 9.18 Å². The first-order valence-corrected chi connectivity index (χ1v) is 13.0. The zero-order valence-electron chi connectivity index (χ0n) is 21.3. The van der Waals surface area contributed by atoms with Gasteiger partial charge in [-0.2, -0.15) is 4.39 Å². The minimum Gasteiger partial charge on any atom is -0.461 e. The van der Waals surface area contributed by atoms with Crippen molar-refractivity contribution in [3.05, 3.63) is 54.6 Å². The van der Waals surface area contributed by atoms with Crippen LogP contribution in [0, 0.1) is 0 Å². The maximum absolute atomic E-state index is 14.2. The molecule has 0 fully saturated rings. The van der Waals surface area contributed by atoms with Crippen molar-refractivity contribution in [2.24, 2.45) is 0 Å². The van der Waals surface area contributed by atoms with Crippen LogP contribution in [0.25, 0.3) is 0 Å². The van der Waals surface area contributed by atoms with E-state index in [1.54, 1.807) is 18.9 Å². The van der Waals surface area contributed by atoms with Gasteiger partial charge in [0.2, 0.25) is 5.83 Å². The zero-order valence-corrected chi connectivity index (χ0v) is 22.1. The number of carbonyl (C=O) groups is 1. The number of unbranched alkanes of at least 4 members (excludes halogenated alkanes) is 1. The molecule has 3 rings (SSSR count). The van der Waals surface area contributed by atoms with E-state index in [0.29, 0.717) is 5.75 Å². The van der Waals surface area contributed by atoms with Gasteiger partial charge in [-0.25, -0.2) is 4.79 Å². The van der Waals surface area contributed by atoms with E-state index >= 15 is 0 Å². The maximum Gasteiger partial charge on any atom is 0.370 e. The van der Waals surface area contributed by atoms with Crippen molar-refractivity contribution in [3.63, 3.8) is 0 Å². The van der Waals surface area contributed by atoms with E-state index in [-0.39, 0.29) is 12.1 Å². The molecule has 2 aromatic rings. The van der Waals surface area contributed by atoms with Crippen LogP contribution in [0.3, 0.4) is 0 Å². The molecule has 1 aliphatic heterocycles. The van der Waals surface area contributed by atoms with Crippen LogP contribution in [-0.2, 0) is 9.53 Å². The van der Waals surface area contributed by atoms with Crippen LogP contribution >= 0.6 is 11.9 Å². The van der Waals surface area contributed by atoms with E-state index in [1.807, 2.05) is 43.3 Å². The molecule has 0 aromatic heterocycles. The minimum atomic E-state index is -1.08. The number of nitrogens with one attached hydrogen (secondary N) is 1. The first-order valence-electron chi connectivity index (χ1n) is 12.2. The summed E-state index contributed by atoms with van der Waals surface area (Å²) in [5.41, 5.74) is 2.85. The van der Waals surface area contributed by atoms with E-state index in [4.69, 9.17) is 9.47 Å². The van der Waals surface area contributed by atoms with Gasteiger partial charge in [0, 0.05) is 31.9 Å². The van der Waals surface area contributed by atoms with Gasteiger partial charge in [0.25, 0.3) is 0 Å². The van der Waals surface area contributed by atoms with Crippen molar-refractivity contribution >= 4 is 35.0 Å². The minimum absolute atomic E-state index is 0.0786. The second-order valence-corrected chi connectivity index (χ2v) is 9.70. The van der Waals surface area contributed by atoms with Crippen molar-refractivity contribution in [2.75, 3.05) is 37.0 Å². The number of para-hydroxylation sites is 1. The molecule has 6 nitrogen and oxygen atoms in total. The zero-order chi connectivity index (χ0) is 25.4. The fourth-order valence-electron chi connectivity index (χ4n) is 4.07. The summed E-state index contributed by atoms with van der Waals surface area (Å²) in [5.74, 6) is -1.66. The molecule has 1 heterocycles. The number of esters is 1. The maximum atomic E-state index is 14.2. The number of anilines is 3. The summed E-state index contributed by atoms with van der Waals surface area (Å²) < 4.78 is 28.3. The van der Waals surface area contributed by atoms with Gasteiger partial charge in [-0.15, -0.1) is 0 Å². The molecule has 0 spiro atoms. The number of fused-ring (bicyclic) bond motifs is 1. The van der Waals surface area contributed by atoms with Crippen molar-refractivity contribution in [1.82, 2.24) is 4.72 Å². The van der Waals surface area contributed by atoms with Crippen LogP contribution in [0.5, 0.6) is 5.75 Å². The lowest BCUT2D eigenvalue weighted by Gasteiger charge is -2.37. The fourth-order valence-corrected chi connectivity index (χ4v) is 5.14. The number of halogens is 1. The number of ether oxygens (including phenoxy) is 2. The molecule has 0 saturated carbocycles. The lowest BCUT2D eigenvalue weighted by molar-refractivity contribution is -0.140. The normalized spacial score (nSPS) is 18.0. The first kappa shape index (κ1) is 26.9. The Morgan fingerprint density at radius 1 is 1.23 bits per heavy atom. The predicted octanol–water partition coefficient (Wildman–Crippen LogP) is 6.59. The van der Waals surface area contributed by atoms with Gasteiger partial charge in [0.05, 0.1) is 22.9 Å². The highest BCUT2D eigenvalue weighted by Crippen LogP contribution is 2.45. The van der Waals surface area contributed by atoms with Crippen LogP contribution in [0.1, 0.15) is 46.5 Å². The summed E-state index contributed by atoms with van der Waals surface area (Å²) >= 11 is 1.58. The van der Waals surface area contributed by atoms with Crippen LogP contribution in [0.2, 0.25) is 0 Å². The van der Waals surface area contributed by atoms with Crippen molar-refractivity contribution in [3.8, 4) is 5.75 Å². The van der Waals surface area contributed by atoms with Gasteiger partial charge in [0.15, 0.2) is 5.75 Å². The van der Waals surface area contributed by atoms with Gasteiger partial charge in [0.1, 0.15) is 6.26 Å². The molecule has 0 saturated heterocycles. The number of hydrogen-bond donors (Lipinski definition) is 1. The van der Waals surface area contributed by atoms with Gasteiger partial charge in [-0.3, -0.25) is 4.72 Å². The number of rotatable bonds is 10. The quantitative estimate of drug-likeness (QED) is 0.170. The van der Waals surface area contributed by atoms with Crippen molar-refractivity contribution in [1.29, 1.82) is 0 Å². The van der Waals surface area contributed by atoms with Crippen molar-refractivity contribution in [2.45, 2.75) is 56.9 Å². The summed E-state index contributed by atoms with van der Waals surface area (Å²) in [6.07, 6.45) is 5.12. The van der Waals surface area contributed by atoms with Crippen molar-refractivity contribution < 1.29 is 18.7 Å². The number of carbonyl (C=O) groups excluding carboxylic acids is 1. The second-order valence-electron chi connectivity index (χ2n) is 8.85. The molecule has 1 aliphatic rings. The SMILES string of the molecule is CCCC[C@@]1(CC)CN(c2ccccc2)c2cc(N(C)C)c(O/C=C(\F)C(=O)OCC)cc2SN1.